The molecule has 0 radical (unpaired) electrons. The maximum absolute atomic E-state index is 11.9. The van der Waals surface area contributed by atoms with E-state index in [1.54, 1.807) is 39.0 Å². The number of anilines is 1. The number of carbonyl (C=O) groups is 3. The third-order valence-electron chi connectivity index (χ3n) is 2.56. The van der Waals surface area contributed by atoms with Gasteiger partial charge in [-0.1, -0.05) is 12.1 Å². The van der Waals surface area contributed by atoms with Gasteiger partial charge in [0.25, 0.3) is 5.91 Å². The molecule has 7 nitrogen and oxygen atoms in total. The van der Waals surface area contributed by atoms with Gasteiger partial charge in [-0.25, -0.2) is 9.59 Å². The summed E-state index contributed by atoms with van der Waals surface area (Å²) in [4.78, 5) is 35.3. The van der Waals surface area contributed by atoms with E-state index in [2.05, 4.69) is 10.6 Å². The molecule has 0 saturated carbocycles. The van der Waals surface area contributed by atoms with E-state index < -0.39 is 29.6 Å². The normalized spacial score (nSPS) is 12.2. The molecule has 0 fully saturated rings. The summed E-state index contributed by atoms with van der Waals surface area (Å²) in [5.41, 5.74) is 5.60. The van der Waals surface area contributed by atoms with E-state index in [4.69, 9.17) is 10.5 Å². The molecule has 0 saturated heterocycles. The lowest BCUT2D eigenvalue weighted by molar-refractivity contribution is -0.127. The first-order chi connectivity index (χ1) is 10.1. The van der Waals surface area contributed by atoms with Crippen LogP contribution in [0.25, 0.3) is 0 Å². The Morgan fingerprint density at radius 3 is 2.32 bits per heavy atom. The van der Waals surface area contributed by atoms with Gasteiger partial charge in [-0.3, -0.25) is 10.1 Å². The second-order valence-corrected chi connectivity index (χ2v) is 5.83. The number of imide groups is 1. The minimum atomic E-state index is -1.13. The highest BCUT2D eigenvalue weighted by Crippen LogP contribution is 2.12. The van der Waals surface area contributed by atoms with Crippen molar-refractivity contribution in [3.8, 4) is 0 Å². The number of nitrogens with two attached hydrogens (primary N) is 1. The first kappa shape index (κ1) is 17.5. The zero-order valence-corrected chi connectivity index (χ0v) is 13.1. The Kier molecular flexibility index (Phi) is 5.50. The van der Waals surface area contributed by atoms with Gasteiger partial charge in [-0.2, -0.15) is 0 Å². The van der Waals surface area contributed by atoms with Crippen LogP contribution in [0.1, 0.15) is 38.1 Å². The van der Waals surface area contributed by atoms with Crippen molar-refractivity contribution in [2.45, 2.75) is 39.3 Å². The number of nitrogens with one attached hydrogen (secondary N) is 2. The average molecular weight is 307 g/mol. The smallest absolute Gasteiger partial charge is 0.341 e. The van der Waals surface area contributed by atoms with Crippen LogP contribution >= 0.6 is 0 Å². The molecule has 4 N–H and O–H groups in total. The number of nitrogen functional groups attached to an aromatic ring is 1. The van der Waals surface area contributed by atoms with Crippen molar-refractivity contribution in [2.75, 3.05) is 5.73 Å². The summed E-state index contributed by atoms with van der Waals surface area (Å²) < 4.78 is 5.00. The fourth-order valence-corrected chi connectivity index (χ4v) is 1.55. The molecule has 1 atom stereocenters. The molecule has 0 heterocycles. The number of hydrogen-bond acceptors (Lipinski definition) is 5. The van der Waals surface area contributed by atoms with E-state index in [9.17, 15) is 14.4 Å². The summed E-state index contributed by atoms with van der Waals surface area (Å²) in [6.07, 6.45) is -1.13. The number of benzene rings is 1. The monoisotopic (exact) mass is 307 g/mol. The molecule has 3 amide bonds. The summed E-state index contributed by atoms with van der Waals surface area (Å²) >= 11 is 0. The SMILES string of the molecule is C[C@@H](OC(=O)c1ccccc1N)C(=O)NC(=O)NC(C)(C)C. The van der Waals surface area contributed by atoms with Crippen LogP contribution in [0.5, 0.6) is 0 Å². The Labute approximate surface area is 129 Å². The Hall–Kier alpha value is -2.57. The molecule has 0 bridgehead atoms. The number of ether oxygens (including phenoxy) is 1. The summed E-state index contributed by atoms with van der Waals surface area (Å²) in [6, 6.07) is 5.71. The van der Waals surface area contributed by atoms with Gasteiger partial charge in [0.1, 0.15) is 0 Å². The number of urea groups is 1. The van der Waals surface area contributed by atoms with Crippen molar-refractivity contribution in [3.05, 3.63) is 29.8 Å². The van der Waals surface area contributed by atoms with Crippen molar-refractivity contribution in [1.29, 1.82) is 0 Å². The lowest BCUT2D eigenvalue weighted by Crippen LogP contribution is -2.50. The fraction of sp³-hybridized carbons (Fsp3) is 0.400. The molecule has 0 aromatic heterocycles. The van der Waals surface area contributed by atoms with Gasteiger partial charge in [-0.15, -0.1) is 0 Å². The highest BCUT2D eigenvalue weighted by molar-refractivity contribution is 6.00. The predicted molar refractivity (Wildman–Crippen MR) is 82.2 cm³/mol. The van der Waals surface area contributed by atoms with Crippen LogP contribution in [0.2, 0.25) is 0 Å². The molecule has 0 aliphatic heterocycles. The minimum Gasteiger partial charge on any atom is -0.449 e. The predicted octanol–water partition coefficient (Wildman–Crippen LogP) is 1.44. The minimum absolute atomic E-state index is 0.168. The van der Waals surface area contributed by atoms with Crippen molar-refractivity contribution in [3.63, 3.8) is 0 Å². The Morgan fingerprint density at radius 1 is 1.18 bits per heavy atom. The second-order valence-electron chi connectivity index (χ2n) is 5.83. The lowest BCUT2D eigenvalue weighted by atomic mass is 10.1. The number of hydrogen-bond donors (Lipinski definition) is 3. The largest absolute Gasteiger partial charge is 0.449 e. The van der Waals surface area contributed by atoms with Gasteiger partial charge >= 0.3 is 12.0 Å². The number of carbonyl (C=O) groups excluding carboxylic acids is 3. The van der Waals surface area contributed by atoms with Crippen LogP contribution in [0.3, 0.4) is 0 Å². The van der Waals surface area contributed by atoms with Crippen LogP contribution < -0.4 is 16.4 Å². The van der Waals surface area contributed by atoms with Crippen LogP contribution in [-0.2, 0) is 9.53 Å². The van der Waals surface area contributed by atoms with Crippen LogP contribution in [-0.4, -0.2) is 29.6 Å². The fourth-order valence-electron chi connectivity index (χ4n) is 1.55. The van der Waals surface area contributed by atoms with E-state index in [-0.39, 0.29) is 11.3 Å². The number of rotatable bonds is 3. The standard InChI is InChI=1S/C15H21N3O4/c1-9(12(19)17-14(21)18-15(2,3)4)22-13(20)10-7-5-6-8-11(10)16/h5-9H,16H2,1-4H3,(H2,17,18,19,21)/t9-/m1/s1. The lowest BCUT2D eigenvalue weighted by Gasteiger charge is -2.21. The van der Waals surface area contributed by atoms with Crippen LogP contribution in [0, 0.1) is 0 Å². The van der Waals surface area contributed by atoms with Crippen molar-refractivity contribution >= 4 is 23.6 Å². The molecular weight excluding hydrogens is 286 g/mol. The second kappa shape index (κ2) is 6.93. The van der Waals surface area contributed by atoms with E-state index >= 15 is 0 Å². The highest BCUT2D eigenvalue weighted by atomic mass is 16.5. The summed E-state index contributed by atoms with van der Waals surface area (Å²) in [5, 5.41) is 4.68. The van der Waals surface area contributed by atoms with Gasteiger partial charge in [-0.05, 0) is 39.8 Å². The Morgan fingerprint density at radius 2 is 1.77 bits per heavy atom. The van der Waals surface area contributed by atoms with Crippen LogP contribution in [0.15, 0.2) is 24.3 Å². The topological polar surface area (TPSA) is 111 Å². The first-order valence-corrected chi connectivity index (χ1v) is 6.78. The van der Waals surface area contributed by atoms with Crippen molar-refractivity contribution in [1.82, 2.24) is 10.6 Å². The summed E-state index contributed by atoms with van der Waals surface area (Å²) in [7, 11) is 0. The first-order valence-electron chi connectivity index (χ1n) is 6.78. The highest BCUT2D eigenvalue weighted by Gasteiger charge is 2.23. The molecule has 7 heteroatoms. The molecule has 0 aliphatic rings. The van der Waals surface area contributed by atoms with Gasteiger partial charge in [0.2, 0.25) is 0 Å². The molecular formula is C15H21N3O4. The molecule has 0 aliphatic carbocycles. The zero-order valence-electron chi connectivity index (χ0n) is 13.1. The van der Waals surface area contributed by atoms with E-state index in [1.165, 1.54) is 13.0 Å². The average Bonchev–Trinajstić information content (AvgIpc) is 2.36. The number of para-hydroxylation sites is 1. The zero-order chi connectivity index (χ0) is 16.9. The summed E-state index contributed by atoms with van der Waals surface area (Å²) in [6.45, 7) is 6.70. The van der Waals surface area contributed by atoms with Crippen molar-refractivity contribution in [2.24, 2.45) is 0 Å². The third kappa shape index (κ3) is 5.43. The number of esters is 1. The molecule has 0 spiro atoms. The quantitative estimate of drug-likeness (QED) is 0.578. The van der Waals surface area contributed by atoms with Crippen molar-refractivity contribution < 1.29 is 19.1 Å². The molecule has 120 valence electrons. The maximum Gasteiger partial charge on any atom is 0.341 e. The van der Waals surface area contributed by atoms with Crippen LogP contribution in [0.4, 0.5) is 10.5 Å². The summed E-state index contributed by atoms with van der Waals surface area (Å²) in [5.74, 6) is -1.44. The molecule has 0 unspecified atom stereocenters. The Balaban J connectivity index is 2.60. The van der Waals surface area contributed by atoms with Gasteiger partial charge < -0.3 is 15.8 Å². The number of amides is 3. The van der Waals surface area contributed by atoms with Gasteiger partial charge in [0, 0.05) is 11.2 Å². The van der Waals surface area contributed by atoms with E-state index in [0.717, 1.165) is 0 Å². The molecule has 1 rings (SSSR count). The molecule has 1 aromatic carbocycles. The maximum atomic E-state index is 11.9. The third-order valence-corrected chi connectivity index (χ3v) is 2.56. The Bertz CT molecular complexity index is 578. The van der Waals surface area contributed by atoms with E-state index in [1.807, 2.05) is 0 Å². The molecule has 22 heavy (non-hydrogen) atoms. The van der Waals surface area contributed by atoms with Gasteiger partial charge in [0.15, 0.2) is 6.10 Å². The van der Waals surface area contributed by atoms with Gasteiger partial charge in [0.05, 0.1) is 5.56 Å². The molecule has 1 aromatic rings. The van der Waals surface area contributed by atoms with E-state index in [0.29, 0.717) is 0 Å².